The predicted molar refractivity (Wildman–Crippen MR) is 133 cm³/mol. The minimum atomic E-state index is -0.362. The molecule has 1 aromatic heterocycles. The van der Waals surface area contributed by atoms with Gasteiger partial charge in [-0.1, -0.05) is 47.5 Å². The van der Waals surface area contributed by atoms with Crippen LogP contribution in [-0.4, -0.2) is 27.7 Å². The summed E-state index contributed by atoms with van der Waals surface area (Å²) in [4.78, 5) is 16.9. The van der Waals surface area contributed by atoms with E-state index in [4.69, 9.17) is 32.9 Å². The number of hydrogen-bond acceptors (Lipinski definition) is 4. The normalized spacial score (nSPS) is 14.1. The Morgan fingerprint density at radius 2 is 1.76 bits per heavy atom. The van der Waals surface area contributed by atoms with Gasteiger partial charge in [-0.3, -0.25) is 0 Å². The van der Waals surface area contributed by atoms with Gasteiger partial charge in [-0.25, -0.2) is 9.78 Å². The number of aromatic nitrogens is 2. The Morgan fingerprint density at radius 3 is 2.38 bits per heavy atom. The first-order chi connectivity index (χ1) is 16.4. The van der Waals surface area contributed by atoms with Gasteiger partial charge in [0.25, 0.3) is 0 Å². The molecule has 0 unspecified atom stereocenters. The number of methoxy groups -OCH3 is 1. The first-order valence-corrected chi connectivity index (χ1v) is 11.6. The highest BCUT2D eigenvalue weighted by Gasteiger charge is 2.49. The molecule has 4 aromatic rings. The van der Waals surface area contributed by atoms with Crippen LogP contribution in [0.4, 0.5) is 0 Å². The zero-order valence-electron chi connectivity index (χ0n) is 18.5. The van der Waals surface area contributed by atoms with Gasteiger partial charge in [-0.15, -0.1) is 0 Å². The molecule has 1 aliphatic rings. The zero-order valence-corrected chi connectivity index (χ0v) is 20.0. The van der Waals surface area contributed by atoms with Crippen LogP contribution in [0.1, 0.15) is 40.2 Å². The summed E-state index contributed by atoms with van der Waals surface area (Å²) in [7, 11) is 1.37. The van der Waals surface area contributed by atoms with Crippen LogP contribution in [0, 0.1) is 0 Å². The standard InChI is InChI=1S/C27H22Cl2N2O3/c1-34-25(33)18-4-2-17(3-5-18)15-31-16-24(22-11-8-20(28)14-23(22)29)30-26(31)27(12-13-27)19-6-9-21(32)10-7-19/h2-11,14,16,32H,12-13,15H2,1H3. The number of benzene rings is 3. The van der Waals surface area contributed by atoms with Gasteiger partial charge in [-0.05, 0) is 66.4 Å². The smallest absolute Gasteiger partial charge is 0.337 e. The molecule has 0 bridgehead atoms. The summed E-state index contributed by atoms with van der Waals surface area (Å²) in [5, 5.41) is 10.9. The van der Waals surface area contributed by atoms with Gasteiger partial charge in [0.15, 0.2) is 0 Å². The van der Waals surface area contributed by atoms with Crippen molar-refractivity contribution in [2.75, 3.05) is 7.11 Å². The van der Waals surface area contributed by atoms with Crippen LogP contribution in [0.3, 0.4) is 0 Å². The molecule has 0 radical (unpaired) electrons. The zero-order chi connectivity index (χ0) is 23.9. The number of phenols is 1. The Hall–Kier alpha value is -3.28. The van der Waals surface area contributed by atoms with Crippen LogP contribution in [0.25, 0.3) is 11.3 Å². The molecule has 1 fully saturated rings. The molecule has 1 heterocycles. The van der Waals surface area contributed by atoms with Crippen LogP contribution in [-0.2, 0) is 16.7 Å². The highest BCUT2D eigenvalue weighted by molar-refractivity contribution is 6.36. The molecule has 0 aliphatic heterocycles. The fraction of sp³-hybridized carbons (Fsp3) is 0.185. The van der Waals surface area contributed by atoms with E-state index in [1.807, 2.05) is 36.5 Å². The Morgan fingerprint density at radius 1 is 1.06 bits per heavy atom. The summed E-state index contributed by atoms with van der Waals surface area (Å²) in [5.74, 6) is 0.817. The molecule has 5 rings (SSSR count). The predicted octanol–water partition coefficient (Wildman–Crippen LogP) is 6.48. The molecule has 34 heavy (non-hydrogen) atoms. The van der Waals surface area contributed by atoms with Crippen molar-refractivity contribution in [3.8, 4) is 17.0 Å². The Balaban J connectivity index is 1.57. The maximum absolute atomic E-state index is 11.8. The van der Waals surface area contributed by atoms with Gasteiger partial charge in [0, 0.05) is 23.3 Å². The van der Waals surface area contributed by atoms with Crippen LogP contribution in [0.2, 0.25) is 10.0 Å². The van der Waals surface area contributed by atoms with E-state index in [-0.39, 0.29) is 17.1 Å². The molecular weight excluding hydrogens is 471 g/mol. The lowest BCUT2D eigenvalue weighted by molar-refractivity contribution is 0.0600. The fourth-order valence-corrected chi connectivity index (χ4v) is 4.86. The molecule has 0 atom stereocenters. The number of ether oxygens (including phenoxy) is 1. The van der Waals surface area contributed by atoms with Crippen molar-refractivity contribution >= 4 is 29.2 Å². The van der Waals surface area contributed by atoms with Crippen LogP contribution < -0.4 is 0 Å². The second kappa shape index (κ2) is 8.82. The fourth-order valence-electron chi connectivity index (χ4n) is 4.35. The molecule has 0 amide bonds. The summed E-state index contributed by atoms with van der Waals surface area (Å²) in [6.07, 6.45) is 3.94. The minimum Gasteiger partial charge on any atom is -0.508 e. The molecule has 0 spiro atoms. The van der Waals surface area contributed by atoms with E-state index in [1.54, 1.807) is 36.4 Å². The molecule has 0 saturated heterocycles. The maximum Gasteiger partial charge on any atom is 0.337 e. The van der Waals surface area contributed by atoms with Crippen LogP contribution in [0.5, 0.6) is 5.75 Å². The SMILES string of the molecule is COC(=O)c1ccc(Cn2cc(-c3ccc(Cl)cc3Cl)nc2C2(c3ccc(O)cc3)CC2)cc1. The third-order valence-corrected chi connectivity index (χ3v) is 6.86. The summed E-state index contributed by atoms with van der Waals surface area (Å²) >= 11 is 12.6. The van der Waals surface area contributed by atoms with Gasteiger partial charge >= 0.3 is 5.97 Å². The van der Waals surface area contributed by atoms with Crippen molar-refractivity contribution < 1.29 is 14.6 Å². The largest absolute Gasteiger partial charge is 0.508 e. The van der Waals surface area contributed by atoms with Gasteiger partial charge < -0.3 is 14.4 Å². The number of halogens is 2. The lowest BCUT2D eigenvalue weighted by atomic mass is 9.94. The Labute approximate surface area is 207 Å². The number of rotatable bonds is 6. The Kier molecular flexibility index (Phi) is 5.84. The average molecular weight is 493 g/mol. The number of carbonyl (C=O) groups is 1. The molecule has 172 valence electrons. The topological polar surface area (TPSA) is 64.4 Å². The number of phenolic OH excluding ortho intramolecular Hbond substituents is 1. The number of nitrogens with zero attached hydrogens (tertiary/aromatic N) is 2. The molecule has 1 saturated carbocycles. The molecule has 1 aliphatic carbocycles. The molecule has 1 N–H and O–H groups in total. The molecular formula is C27H22Cl2N2O3. The third-order valence-electron chi connectivity index (χ3n) is 6.31. The number of imidazole rings is 1. The maximum atomic E-state index is 11.8. The minimum absolute atomic E-state index is 0.225. The van der Waals surface area contributed by atoms with Crippen LogP contribution in [0.15, 0.2) is 72.9 Å². The third kappa shape index (κ3) is 4.17. The molecule has 7 heteroatoms. The summed E-state index contributed by atoms with van der Waals surface area (Å²) < 4.78 is 6.95. The number of hydrogen-bond donors (Lipinski definition) is 1. The van der Waals surface area contributed by atoms with E-state index >= 15 is 0 Å². The molecule has 5 nitrogen and oxygen atoms in total. The first-order valence-electron chi connectivity index (χ1n) is 10.9. The van der Waals surface area contributed by atoms with Crippen molar-refractivity contribution in [2.45, 2.75) is 24.8 Å². The summed E-state index contributed by atoms with van der Waals surface area (Å²) in [6, 6.07) is 20.1. The van der Waals surface area contributed by atoms with Crippen molar-refractivity contribution in [3.63, 3.8) is 0 Å². The van der Waals surface area contributed by atoms with E-state index in [2.05, 4.69) is 4.57 Å². The highest BCUT2D eigenvalue weighted by Crippen LogP contribution is 2.53. The van der Waals surface area contributed by atoms with E-state index in [9.17, 15) is 9.90 Å². The number of esters is 1. The van der Waals surface area contributed by atoms with Gasteiger partial charge in [-0.2, -0.15) is 0 Å². The molecule has 3 aromatic carbocycles. The van der Waals surface area contributed by atoms with E-state index in [0.29, 0.717) is 22.2 Å². The average Bonchev–Trinajstić information content (AvgIpc) is 3.53. The monoisotopic (exact) mass is 492 g/mol. The van der Waals surface area contributed by atoms with E-state index in [0.717, 1.165) is 41.1 Å². The van der Waals surface area contributed by atoms with E-state index in [1.165, 1.54) is 7.11 Å². The van der Waals surface area contributed by atoms with E-state index < -0.39 is 0 Å². The Bertz CT molecular complexity index is 1360. The second-order valence-corrected chi connectivity index (χ2v) is 9.36. The van der Waals surface area contributed by atoms with Gasteiger partial charge in [0.2, 0.25) is 0 Å². The number of carbonyl (C=O) groups excluding carboxylic acids is 1. The van der Waals surface area contributed by atoms with Crippen molar-refractivity contribution in [3.05, 3.63) is 105 Å². The van der Waals surface area contributed by atoms with Crippen molar-refractivity contribution in [1.82, 2.24) is 9.55 Å². The summed E-state index contributed by atoms with van der Waals surface area (Å²) in [5.41, 5.74) is 4.01. The van der Waals surface area contributed by atoms with Crippen LogP contribution >= 0.6 is 23.2 Å². The number of aromatic hydroxyl groups is 1. The highest BCUT2D eigenvalue weighted by atomic mass is 35.5. The van der Waals surface area contributed by atoms with Gasteiger partial charge in [0.05, 0.1) is 28.8 Å². The first kappa shape index (κ1) is 22.5. The lowest BCUT2D eigenvalue weighted by Gasteiger charge is -2.18. The van der Waals surface area contributed by atoms with Crippen molar-refractivity contribution in [1.29, 1.82) is 0 Å². The summed E-state index contributed by atoms with van der Waals surface area (Å²) in [6.45, 7) is 0.578. The van der Waals surface area contributed by atoms with Crippen molar-refractivity contribution in [2.24, 2.45) is 0 Å². The van der Waals surface area contributed by atoms with Gasteiger partial charge in [0.1, 0.15) is 11.6 Å². The quantitative estimate of drug-likeness (QED) is 0.313. The lowest BCUT2D eigenvalue weighted by Crippen LogP contribution is -2.17. The second-order valence-electron chi connectivity index (χ2n) is 8.52.